The maximum atomic E-state index is 11.6. The summed E-state index contributed by atoms with van der Waals surface area (Å²) in [7, 11) is 0. The van der Waals surface area contributed by atoms with Crippen LogP contribution in [0.2, 0.25) is 0 Å². The van der Waals surface area contributed by atoms with Crippen LogP contribution in [0.3, 0.4) is 0 Å². The van der Waals surface area contributed by atoms with Gasteiger partial charge in [0.15, 0.2) is 0 Å². The van der Waals surface area contributed by atoms with Gasteiger partial charge < -0.3 is 10.6 Å². The summed E-state index contributed by atoms with van der Waals surface area (Å²) in [5.74, 6) is 3.31. The Labute approximate surface area is 103 Å². The maximum Gasteiger partial charge on any atom is 0.220 e. The summed E-state index contributed by atoms with van der Waals surface area (Å²) >= 11 is 2.01. The summed E-state index contributed by atoms with van der Waals surface area (Å²) in [6.45, 7) is 5.84. The standard InChI is InChI=1S/C12H24N2OS/c1-10(2)13-5-6-14-12(15)9-11-3-7-16-8-4-11/h10-11,13H,3-9H2,1-2H3,(H,14,15). The molecule has 0 aliphatic carbocycles. The second-order valence-corrected chi connectivity index (χ2v) is 5.94. The first-order valence-corrected chi connectivity index (χ1v) is 7.41. The monoisotopic (exact) mass is 244 g/mol. The molecule has 0 spiro atoms. The van der Waals surface area contributed by atoms with E-state index >= 15 is 0 Å². The number of carbonyl (C=O) groups is 1. The second-order valence-electron chi connectivity index (χ2n) is 4.72. The number of hydrogen-bond donors (Lipinski definition) is 2. The van der Waals surface area contributed by atoms with Gasteiger partial charge in [0.1, 0.15) is 0 Å². The maximum absolute atomic E-state index is 11.6. The van der Waals surface area contributed by atoms with Crippen LogP contribution in [-0.2, 0) is 4.79 Å². The van der Waals surface area contributed by atoms with E-state index in [9.17, 15) is 4.79 Å². The second kappa shape index (κ2) is 7.96. The highest BCUT2D eigenvalue weighted by Crippen LogP contribution is 2.24. The molecule has 3 nitrogen and oxygen atoms in total. The molecule has 0 unspecified atom stereocenters. The van der Waals surface area contributed by atoms with Gasteiger partial charge >= 0.3 is 0 Å². The van der Waals surface area contributed by atoms with Gasteiger partial charge in [0.05, 0.1) is 0 Å². The minimum atomic E-state index is 0.224. The highest BCUT2D eigenvalue weighted by Gasteiger charge is 2.16. The normalized spacial score (nSPS) is 17.7. The molecule has 2 N–H and O–H groups in total. The van der Waals surface area contributed by atoms with Gasteiger partial charge in [-0.3, -0.25) is 4.79 Å². The number of hydrogen-bond acceptors (Lipinski definition) is 3. The molecule has 1 fully saturated rings. The molecule has 16 heavy (non-hydrogen) atoms. The van der Waals surface area contributed by atoms with Crippen molar-refractivity contribution in [1.29, 1.82) is 0 Å². The predicted molar refractivity (Wildman–Crippen MR) is 70.8 cm³/mol. The van der Waals surface area contributed by atoms with Crippen LogP contribution >= 0.6 is 11.8 Å². The molecule has 1 aliphatic rings. The molecule has 1 saturated heterocycles. The van der Waals surface area contributed by atoms with E-state index in [4.69, 9.17) is 0 Å². The Morgan fingerprint density at radius 2 is 2.00 bits per heavy atom. The number of rotatable bonds is 6. The van der Waals surface area contributed by atoms with E-state index in [1.54, 1.807) is 0 Å². The molecule has 94 valence electrons. The number of carbonyl (C=O) groups excluding carboxylic acids is 1. The lowest BCUT2D eigenvalue weighted by Crippen LogP contribution is -2.35. The van der Waals surface area contributed by atoms with Crippen LogP contribution in [0, 0.1) is 5.92 Å². The molecule has 1 aliphatic heterocycles. The molecular weight excluding hydrogens is 220 g/mol. The third-order valence-electron chi connectivity index (χ3n) is 2.81. The molecule has 1 amide bonds. The van der Waals surface area contributed by atoms with E-state index in [1.165, 1.54) is 24.3 Å². The minimum absolute atomic E-state index is 0.224. The van der Waals surface area contributed by atoms with E-state index < -0.39 is 0 Å². The smallest absolute Gasteiger partial charge is 0.220 e. The van der Waals surface area contributed by atoms with Crippen molar-refractivity contribution in [3.05, 3.63) is 0 Å². The third-order valence-corrected chi connectivity index (χ3v) is 3.86. The van der Waals surface area contributed by atoms with Crippen molar-refractivity contribution in [2.45, 2.75) is 39.2 Å². The van der Waals surface area contributed by atoms with Gasteiger partial charge in [-0.05, 0) is 30.3 Å². The fraction of sp³-hybridized carbons (Fsp3) is 0.917. The van der Waals surface area contributed by atoms with Crippen LogP contribution < -0.4 is 10.6 Å². The average Bonchev–Trinajstić information content (AvgIpc) is 2.25. The number of amides is 1. The molecule has 0 atom stereocenters. The lowest BCUT2D eigenvalue weighted by molar-refractivity contribution is -0.122. The minimum Gasteiger partial charge on any atom is -0.355 e. The van der Waals surface area contributed by atoms with Gasteiger partial charge in [-0.15, -0.1) is 0 Å². The van der Waals surface area contributed by atoms with Crippen LogP contribution in [-0.4, -0.2) is 36.5 Å². The summed E-state index contributed by atoms with van der Waals surface area (Å²) in [5.41, 5.74) is 0. The molecule has 0 bridgehead atoms. The number of nitrogens with one attached hydrogen (secondary N) is 2. The Kier molecular flexibility index (Phi) is 6.88. The van der Waals surface area contributed by atoms with E-state index in [-0.39, 0.29) is 5.91 Å². The molecule has 4 heteroatoms. The zero-order valence-electron chi connectivity index (χ0n) is 10.4. The van der Waals surface area contributed by atoms with Crippen LogP contribution in [0.15, 0.2) is 0 Å². The molecule has 0 aromatic carbocycles. The Morgan fingerprint density at radius 1 is 1.31 bits per heavy atom. The van der Waals surface area contributed by atoms with Gasteiger partial charge in [-0.25, -0.2) is 0 Å². The topological polar surface area (TPSA) is 41.1 Å². The molecule has 0 saturated carbocycles. The highest BCUT2D eigenvalue weighted by atomic mass is 32.2. The van der Waals surface area contributed by atoms with Crippen molar-refractivity contribution in [2.24, 2.45) is 5.92 Å². The Balaban J connectivity index is 2.01. The SMILES string of the molecule is CC(C)NCCNC(=O)CC1CCSCC1. The van der Waals surface area contributed by atoms with Crippen molar-refractivity contribution >= 4 is 17.7 Å². The summed E-state index contributed by atoms with van der Waals surface area (Å²) in [6, 6.07) is 0.493. The fourth-order valence-corrected chi connectivity index (χ4v) is 3.05. The Hall–Kier alpha value is -0.220. The van der Waals surface area contributed by atoms with Crippen molar-refractivity contribution in [3.63, 3.8) is 0 Å². The molecule has 1 rings (SSSR count). The molecular formula is C12H24N2OS. The lowest BCUT2D eigenvalue weighted by Gasteiger charge is -2.20. The van der Waals surface area contributed by atoms with Crippen molar-refractivity contribution in [1.82, 2.24) is 10.6 Å². The van der Waals surface area contributed by atoms with Gasteiger partial charge in [-0.1, -0.05) is 13.8 Å². The first-order valence-electron chi connectivity index (χ1n) is 6.26. The number of thioether (sulfide) groups is 1. The molecule has 0 aromatic rings. The summed E-state index contributed by atoms with van der Waals surface area (Å²) in [5, 5.41) is 6.26. The summed E-state index contributed by atoms with van der Waals surface area (Å²) in [6.07, 6.45) is 3.15. The third kappa shape index (κ3) is 6.38. The Bertz CT molecular complexity index is 203. The summed E-state index contributed by atoms with van der Waals surface area (Å²) in [4.78, 5) is 11.6. The molecule has 1 heterocycles. The Morgan fingerprint density at radius 3 is 2.62 bits per heavy atom. The molecule has 0 radical (unpaired) electrons. The van der Waals surface area contributed by atoms with Crippen LogP contribution in [0.25, 0.3) is 0 Å². The fourth-order valence-electron chi connectivity index (χ4n) is 1.85. The largest absolute Gasteiger partial charge is 0.355 e. The van der Waals surface area contributed by atoms with Crippen molar-refractivity contribution in [2.75, 3.05) is 24.6 Å². The zero-order valence-corrected chi connectivity index (χ0v) is 11.2. The predicted octanol–water partition coefficient (Wildman–Crippen LogP) is 1.63. The van der Waals surface area contributed by atoms with E-state index in [0.29, 0.717) is 12.0 Å². The van der Waals surface area contributed by atoms with E-state index in [2.05, 4.69) is 24.5 Å². The van der Waals surface area contributed by atoms with Gasteiger partial charge in [0.2, 0.25) is 5.91 Å². The molecule has 0 aromatic heterocycles. The zero-order chi connectivity index (χ0) is 11.8. The van der Waals surface area contributed by atoms with Crippen molar-refractivity contribution in [3.8, 4) is 0 Å². The van der Waals surface area contributed by atoms with E-state index in [0.717, 1.165) is 19.5 Å². The quantitative estimate of drug-likeness (QED) is 0.698. The van der Waals surface area contributed by atoms with Crippen LogP contribution in [0.1, 0.15) is 33.1 Å². The average molecular weight is 244 g/mol. The van der Waals surface area contributed by atoms with Gasteiger partial charge in [0.25, 0.3) is 0 Å². The van der Waals surface area contributed by atoms with Crippen LogP contribution in [0.4, 0.5) is 0 Å². The van der Waals surface area contributed by atoms with E-state index in [1.807, 2.05) is 11.8 Å². The van der Waals surface area contributed by atoms with Gasteiger partial charge in [-0.2, -0.15) is 11.8 Å². The first kappa shape index (κ1) is 13.8. The van der Waals surface area contributed by atoms with Gasteiger partial charge in [0, 0.05) is 25.6 Å². The van der Waals surface area contributed by atoms with Crippen molar-refractivity contribution < 1.29 is 4.79 Å². The van der Waals surface area contributed by atoms with Crippen LogP contribution in [0.5, 0.6) is 0 Å². The lowest BCUT2D eigenvalue weighted by atomic mass is 9.98. The highest BCUT2D eigenvalue weighted by molar-refractivity contribution is 7.99. The first-order chi connectivity index (χ1) is 7.68. The summed E-state index contributed by atoms with van der Waals surface area (Å²) < 4.78 is 0.